The number of ketones is 1. The summed E-state index contributed by atoms with van der Waals surface area (Å²) < 4.78 is 24.1. The van der Waals surface area contributed by atoms with Gasteiger partial charge in [0.05, 0.1) is 13.2 Å². The predicted molar refractivity (Wildman–Crippen MR) is 86.4 cm³/mol. The average Bonchev–Trinajstić information content (AvgIpc) is 2.54. The Kier molecular flexibility index (Phi) is 4.71. The van der Waals surface area contributed by atoms with Crippen LogP contribution in [0, 0.1) is 5.82 Å². The minimum atomic E-state index is -0.299. The number of rotatable bonds is 3. The number of carbonyl (C=O) groups excluding carboxylic acids is 1. The van der Waals surface area contributed by atoms with E-state index < -0.39 is 0 Å². The lowest BCUT2D eigenvalue weighted by Crippen LogP contribution is -2.09. The van der Waals surface area contributed by atoms with Crippen LogP contribution in [0.25, 0.3) is 6.08 Å². The molecule has 0 atom stereocenters. The topological polar surface area (TPSA) is 35.5 Å². The third-order valence-corrected chi connectivity index (χ3v) is 3.58. The zero-order valence-corrected chi connectivity index (χ0v) is 12.6. The van der Waals surface area contributed by atoms with E-state index in [1.54, 1.807) is 36.4 Å². The monoisotopic (exact) mass is 312 g/mol. The van der Waals surface area contributed by atoms with Crippen molar-refractivity contribution in [2.45, 2.75) is 12.8 Å². The molecule has 0 amide bonds. The molecule has 0 saturated heterocycles. The van der Waals surface area contributed by atoms with Crippen molar-refractivity contribution in [2.75, 3.05) is 13.2 Å². The van der Waals surface area contributed by atoms with E-state index in [0.717, 1.165) is 18.4 Å². The van der Waals surface area contributed by atoms with Crippen molar-refractivity contribution in [2.24, 2.45) is 0 Å². The van der Waals surface area contributed by atoms with Gasteiger partial charge in [0.1, 0.15) is 5.82 Å². The normalized spacial score (nSPS) is 14.3. The van der Waals surface area contributed by atoms with Gasteiger partial charge in [-0.2, -0.15) is 0 Å². The predicted octanol–water partition coefficient (Wildman–Crippen LogP) is 4.27. The number of hydrogen-bond donors (Lipinski definition) is 0. The Morgan fingerprint density at radius 1 is 0.957 bits per heavy atom. The van der Waals surface area contributed by atoms with Gasteiger partial charge < -0.3 is 9.47 Å². The molecule has 23 heavy (non-hydrogen) atoms. The van der Waals surface area contributed by atoms with Gasteiger partial charge in [-0.15, -0.1) is 0 Å². The molecule has 1 aliphatic rings. The first-order chi connectivity index (χ1) is 11.2. The van der Waals surface area contributed by atoms with E-state index in [0.29, 0.717) is 30.3 Å². The van der Waals surface area contributed by atoms with E-state index in [2.05, 4.69) is 0 Å². The Hall–Kier alpha value is -2.62. The summed E-state index contributed by atoms with van der Waals surface area (Å²) in [4.78, 5) is 12.3. The largest absolute Gasteiger partial charge is 0.490 e. The Morgan fingerprint density at radius 3 is 2.39 bits per heavy atom. The summed E-state index contributed by atoms with van der Waals surface area (Å²) in [5, 5.41) is 0. The van der Waals surface area contributed by atoms with E-state index in [1.165, 1.54) is 18.2 Å². The first-order valence-electron chi connectivity index (χ1n) is 7.60. The number of allylic oxidation sites excluding steroid dienone is 1. The molecular formula is C19H17FO3. The van der Waals surface area contributed by atoms with Gasteiger partial charge in [-0.1, -0.05) is 18.2 Å². The fourth-order valence-electron chi connectivity index (χ4n) is 2.30. The maximum absolute atomic E-state index is 12.9. The average molecular weight is 312 g/mol. The molecule has 2 aromatic rings. The summed E-state index contributed by atoms with van der Waals surface area (Å²) in [6.07, 6.45) is 5.02. The molecule has 0 unspecified atom stereocenters. The molecule has 0 N–H and O–H groups in total. The van der Waals surface area contributed by atoms with Gasteiger partial charge in [0.15, 0.2) is 17.3 Å². The van der Waals surface area contributed by atoms with E-state index in [4.69, 9.17) is 9.47 Å². The highest BCUT2D eigenvalue weighted by atomic mass is 19.1. The zero-order valence-electron chi connectivity index (χ0n) is 12.6. The highest BCUT2D eigenvalue weighted by molar-refractivity contribution is 6.07. The second-order valence-corrected chi connectivity index (χ2v) is 5.31. The molecular weight excluding hydrogens is 295 g/mol. The van der Waals surface area contributed by atoms with Crippen molar-refractivity contribution in [3.05, 3.63) is 65.5 Å². The van der Waals surface area contributed by atoms with Gasteiger partial charge in [-0.3, -0.25) is 4.79 Å². The van der Waals surface area contributed by atoms with E-state index in [-0.39, 0.29) is 11.6 Å². The fraction of sp³-hybridized carbons (Fsp3) is 0.211. The smallest absolute Gasteiger partial charge is 0.185 e. The quantitative estimate of drug-likeness (QED) is 0.627. The first-order valence-corrected chi connectivity index (χ1v) is 7.60. The Balaban J connectivity index is 1.76. The van der Waals surface area contributed by atoms with E-state index in [9.17, 15) is 9.18 Å². The van der Waals surface area contributed by atoms with Gasteiger partial charge in [0.25, 0.3) is 0 Å². The molecule has 118 valence electrons. The number of carbonyl (C=O) groups is 1. The molecule has 2 aromatic carbocycles. The minimum absolute atomic E-state index is 0.136. The van der Waals surface area contributed by atoms with Crippen LogP contribution in [0.4, 0.5) is 4.39 Å². The molecule has 0 fully saturated rings. The van der Waals surface area contributed by atoms with Crippen LogP contribution >= 0.6 is 0 Å². The second kappa shape index (κ2) is 7.09. The third kappa shape index (κ3) is 3.97. The molecule has 0 bridgehead atoms. The SMILES string of the molecule is O=C(/C=C/c1ccc(F)cc1)c1ccc2c(c1)OCCCCO2. The minimum Gasteiger partial charge on any atom is -0.490 e. The van der Waals surface area contributed by atoms with E-state index >= 15 is 0 Å². The van der Waals surface area contributed by atoms with Gasteiger partial charge in [-0.05, 0) is 54.8 Å². The van der Waals surface area contributed by atoms with Crippen LogP contribution < -0.4 is 9.47 Å². The van der Waals surface area contributed by atoms with Crippen LogP contribution in [0.3, 0.4) is 0 Å². The van der Waals surface area contributed by atoms with Crippen molar-refractivity contribution in [1.82, 2.24) is 0 Å². The summed E-state index contributed by atoms with van der Waals surface area (Å²) in [7, 11) is 0. The number of hydrogen-bond acceptors (Lipinski definition) is 3. The highest BCUT2D eigenvalue weighted by Gasteiger charge is 2.12. The lowest BCUT2D eigenvalue weighted by Gasteiger charge is -2.16. The van der Waals surface area contributed by atoms with Crippen LogP contribution in [-0.2, 0) is 0 Å². The van der Waals surface area contributed by atoms with Crippen molar-refractivity contribution in [3.8, 4) is 11.5 Å². The van der Waals surface area contributed by atoms with Crippen molar-refractivity contribution in [1.29, 1.82) is 0 Å². The van der Waals surface area contributed by atoms with E-state index in [1.807, 2.05) is 0 Å². The van der Waals surface area contributed by atoms with Crippen LogP contribution in [-0.4, -0.2) is 19.0 Å². The molecule has 4 heteroatoms. The maximum atomic E-state index is 12.9. The van der Waals surface area contributed by atoms with Crippen LogP contribution in [0.1, 0.15) is 28.8 Å². The molecule has 0 saturated carbocycles. The van der Waals surface area contributed by atoms with Crippen LogP contribution in [0.15, 0.2) is 48.5 Å². The third-order valence-electron chi connectivity index (χ3n) is 3.58. The highest BCUT2D eigenvalue weighted by Crippen LogP contribution is 2.30. The first kappa shape index (κ1) is 15.3. The fourth-order valence-corrected chi connectivity index (χ4v) is 2.30. The summed E-state index contributed by atoms with van der Waals surface area (Å²) in [6, 6.07) is 11.2. The standard InChI is InChI=1S/C19H17FO3/c20-16-7-3-14(4-8-16)5-9-17(21)15-6-10-18-19(13-15)23-12-2-1-11-22-18/h3-10,13H,1-2,11-12H2/b9-5+. The maximum Gasteiger partial charge on any atom is 0.185 e. The number of ether oxygens (including phenoxy) is 2. The molecule has 1 heterocycles. The van der Waals surface area contributed by atoms with Crippen LogP contribution in [0.5, 0.6) is 11.5 Å². The van der Waals surface area contributed by atoms with Crippen molar-refractivity contribution < 1.29 is 18.7 Å². The van der Waals surface area contributed by atoms with Crippen molar-refractivity contribution in [3.63, 3.8) is 0 Å². The van der Waals surface area contributed by atoms with Crippen molar-refractivity contribution >= 4 is 11.9 Å². The molecule has 0 radical (unpaired) electrons. The summed E-state index contributed by atoms with van der Waals surface area (Å²) in [6.45, 7) is 1.29. The lowest BCUT2D eigenvalue weighted by molar-refractivity contribution is 0.104. The summed E-state index contributed by atoms with van der Waals surface area (Å²) in [5.74, 6) is 0.838. The molecule has 0 aliphatic carbocycles. The molecule has 3 rings (SSSR count). The summed E-state index contributed by atoms with van der Waals surface area (Å²) in [5.41, 5.74) is 1.30. The van der Waals surface area contributed by atoms with Gasteiger partial charge in [-0.25, -0.2) is 4.39 Å². The zero-order chi connectivity index (χ0) is 16.1. The number of halogens is 1. The number of fused-ring (bicyclic) bond motifs is 1. The molecule has 3 nitrogen and oxygen atoms in total. The van der Waals surface area contributed by atoms with Gasteiger partial charge >= 0.3 is 0 Å². The Bertz CT molecular complexity index is 720. The Labute approximate surface area is 134 Å². The molecule has 0 aromatic heterocycles. The van der Waals surface area contributed by atoms with Gasteiger partial charge in [0, 0.05) is 5.56 Å². The summed E-state index contributed by atoms with van der Waals surface area (Å²) >= 11 is 0. The Morgan fingerprint density at radius 2 is 1.65 bits per heavy atom. The molecule has 1 aliphatic heterocycles. The second-order valence-electron chi connectivity index (χ2n) is 5.31. The molecule has 0 spiro atoms. The van der Waals surface area contributed by atoms with Crippen LogP contribution in [0.2, 0.25) is 0 Å². The number of benzene rings is 2. The van der Waals surface area contributed by atoms with Gasteiger partial charge in [0.2, 0.25) is 0 Å². The lowest BCUT2D eigenvalue weighted by atomic mass is 10.1.